The average molecular weight is 462 g/mol. The first-order valence-electron chi connectivity index (χ1n) is 11.5. The number of piperidine rings is 1. The summed E-state index contributed by atoms with van der Waals surface area (Å²) >= 11 is 0. The molecule has 9 nitrogen and oxygen atoms in total. The first kappa shape index (κ1) is 22.7. The van der Waals surface area contributed by atoms with E-state index in [1.165, 1.54) is 4.31 Å². The summed E-state index contributed by atoms with van der Waals surface area (Å²) in [5.41, 5.74) is 3.86. The van der Waals surface area contributed by atoms with Crippen molar-refractivity contribution in [1.82, 2.24) is 9.73 Å². The minimum Gasteiger partial charge on any atom is -0.370 e. The van der Waals surface area contributed by atoms with Crippen molar-refractivity contribution in [2.45, 2.75) is 62.7 Å². The number of benzene rings is 1. The highest BCUT2D eigenvalue weighted by Gasteiger charge is 2.28. The number of nitrogens with one attached hydrogen (secondary N) is 2. The third kappa shape index (κ3) is 5.12. The van der Waals surface area contributed by atoms with Gasteiger partial charge in [0.15, 0.2) is 0 Å². The molecule has 0 unspecified atom stereocenters. The van der Waals surface area contributed by atoms with Gasteiger partial charge >= 0.3 is 0 Å². The number of hydrazone groups is 1. The zero-order valence-corrected chi connectivity index (χ0v) is 19.1. The van der Waals surface area contributed by atoms with Gasteiger partial charge in [-0.05, 0) is 43.9 Å². The van der Waals surface area contributed by atoms with Crippen molar-refractivity contribution in [3.63, 3.8) is 0 Å². The zero-order valence-electron chi connectivity index (χ0n) is 18.3. The molecule has 10 heteroatoms. The lowest BCUT2D eigenvalue weighted by atomic mass is 10.1. The van der Waals surface area contributed by atoms with E-state index >= 15 is 0 Å². The van der Waals surface area contributed by atoms with Crippen LogP contribution in [0.4, 0.5) is 11.4 Å². The topological polar surface area (TPSA) is 111 Å². The number of rotatable bonds is 5. The highest BCUT2D eigenvalue weighted by atomic mass is 32.2. The van der Waals surface area contributed by atoms with Crippen LogP contribution < -0.4 is 15.6 Å². The number of amides is 2. The fourth-order valence-corrected chi connectivity index (χ4v) is 5.99. The maximum Gasteiger partial charge on any atom is 0.271 e. The van der Waals surface area contributed by atoms with Gasteiger partial charge in [0.25, 0.3) is 5.91 Å². The third-order valence-electron chi connectivity index (χ3n) is 6.28. The van der Waals surface area contributed by atoms with Crippen molar-refractivity contribution in [3.05, 3.63) is 18.2 Å². The minimum absolute atomic E-state index is 0.187. The second kappa shape index (κ2) is 9.99. The molecule has 3 aliphatic rings. The van der Waals surface area contributed by atoms with Crippen LogP contribution in [0.3, 0.4) is 0 Å². The van der Waals surface area contributed by atoms with Gasteiger partial charge in [-0.1, -0.05) is 19.3 Å². The summed E-state index contributed by atoms with van der Waals surface area (Å²) in [5.74, 6) is -0.643. The monoisotopic (exact) mass is 461 g/mol. The van der Waals surface area contributed by atoms with Crippen LogP contribution in [0.15, 0.2) is 28.2 Å². The predicted molar refractivity (Wildman–Crippen MR) is 123 cm³/mol. The van der Waals surface area contributed by atoms with E-state index in [1.807, 2.05) is 6.07 Å². The third-order valence-corrected chi connectivity index (χ3v) is 8.18. The van der Waals surface area contributed by atoms with Crippen molar-refractivity contribution in [1.29, 1.82) is 0 Å². The molecule has 2 N–H and O–H groups in total. The molecule has 0 bridgehead atoms. The summed E-state index contributed by atoms with van der Waals surface area (Å²) in [4.78, 5) is 26.6. The highest BCUT2D eigenvalue weighted by Crippen LogP contribution is 2.32. The summed E-state index contributed by atoms with van der Waals surface area (Å²) in [6.07, 6.45) is 7.66. The molecule has 3 heterocycles. The molecule has 2 saturated heterocycles. The Morgan fingerprint density at radius 3 is 2.25 bits per heavy atom. The van der Waals surface area contributed by atoms with Crippen LogP contribution in [0.5, 0.6) is 0 Å². The molecule has 0 radical (unpaired) electrons. The van der Waals surface area contributed by atoms with E-state index in [1.54, 1.807) is 12.1 Å². The molecule has 2 fully saturated rings. The lowest BCUT2D eigenvalue weighted by molar-refractivity contribution is -0.121. The smallest absolute Gasteiger partial charge is 0.271 e. The standard InChI is InChI=1S/C22H31N5O4S/c28-21-11-9-18(24-25-21)22(29)23-19-16-17(32(30,31)27-14-6-3-7-15-27)8-10-20(19)26-12-4-1-2-5-13-26/h8,10,16H,1-7,9,11-15H2,(H,23,29)(H,25,28). The first-order chi connectivity index (χ1) is 15.4. The van der Waals surface area contributed by atoms with Crippen LogP contribution in [0.2, 0.25) is 0 Å². The van der Waals surface area contributed by atoms with Gasteiger partial charge in [-0.3, -0.25) is 9.59 Å². The molecule has 3 aliphatic heterocycles. The molecule has 0 aliphatic carbocycles. The Labute approximate surface area is 189 Å². The Bertz CT molecular complexity index is 994. The van der Waals surface area contributed by atoms with Crippen molar-refractivity contribution >= 4 is 38.9 Å². The molecule has 32 heavy (non-hydrogen) atoms. The van der Waals surface area contributed by atoms with E-state index in [4.69, 9.17) is 0 Å². The quantitative estimate of drug-likeness (QED) is 0.700. The van der Waals surface area contributed by atoms with E-state index in [0.29, 0.717) is 18.8 Å². The lowest BCUT2D eigenvalue weighted by Crippen LogP contribution is -2.36. The first-order valence-corrected chi connectivity index (χ1v) is 12.9. The Hall–Kier alpha value is -2.46. The number of sulfonamides is 1. The Balaban J connectivity index is 1.65. The van der Waals surface area contributed by atoms with Gasteiger partial charge < -0.3 is 10.2 Å². The molecule has 0 atom stereocenters. The van der Waals surface area contributed by atoms with Gasteiger partial charge in [-0.25, -0.2) is 13.8 Å². The maximum absolute atomic E-state index is 13.2. The summed E-state index contributed by atoms with van der Waals surface area (Å²) in [5, 5.41) is 6.76. The molecule has 4 rings (SSSR count). The minimum atomic E-state index is -3.63. The van der Waals surface area contributed by atoms with Gasteiger partial charge in [-0.15, -0.1) is 0 Å². The SMILES string of the molecule is O=C1CCC(C(=O)Nc2cc(S(=O)(=O)N3CCCCC3)ccc2N2CCCCCC2)=NN1. The molecule has 1 aromatic carbocycles. The van der Waals surface area contributed by atoms with Crippen LogP contribution in [0.25, 0.3) is 0 Å². The molecule has 2 amide bonds. The number of carbonyl (C=O) groups is 2. The van der Waals surface area contributed by atoms with E-state index < -0.39 is 15.9 Å². The zero-order chi connectivity index (χ0) is 22.6. The van der Waals surface area contributed by atoms with Crippen LogP contribution in [0, 0.1) is 0 Å². The van der Waals surface area contributed by atoms with Crippen LogP contribution >= 0.6 is 0 Å². The van der Waals surface area contributed by atoms with Gasteiger partial charge in [0, 0.05) is 39.0 Å². The van der Waals surface area contributed by atoms with E-state index in [2.05, 4.69) is 20.7 Å². The summed E-state index contributed by atoms with van der Waals surface area (Å²) in [7, 11) is -3.63. The van der Waals surface area contributed by atoms with Crippen molar-refractivity contribution in [2.24, 2.45) is 5.10 Å². The van der Waals surface area contributed by atoms with Gasteiger partial charge in [-0.2, -0.15) is 9.41 Å². The predicted octanol–water partition coefficient (Wildman–Crippen LogP) is 2.45. The fourth-order valence-electron chi connectivity index (χ4n) is 4.45. The second-order valence-electron chi connectivity index (χ2n) is 8.59. The summed E-state index contributed by atoms with van der Waals surface area (Å²) < 4.78 is 28.0. The molecule has 0 spiro atoms. The molecule has 0 saturated carbocycles. The number of carbonyl (C=O) groups excluding carboxylic acids is 2. The van der Waals surface area contributed by atoms with Crippen LogP contribution in [0.1, 0.15) is 57.8 Å². The number of nitrogens with zero attached hydrogens (tertiary/aromatic N) is 3. The highest BCUT2D eigenvalue weighted by molar-refractivity contribution is 7.89. The number of hydrogen-bond donors (Lipinski definition) is 2. The average Bonchev–Trinajstić information content (AvgIpc) is 3.09. The van der Waals surface area contributed by atoms with Crippen LogP contribution in [-0.2, 0) is 19.6 Å². The van der Waals surface area contributed by atoms with E-state index in [9.17, 15) is 18.0 Å². The molecular formula is C22H31N5O4S. The van der Waals surface area contributed by atoms with Crippen LogP contribution in [-0.4, -0.2) is 56.4 Å². The molecule has 0 aromatic heterocycles. The van der Waals surface area contributed by atoms with Gasteiger partial charge in [0.05, 0.1) is 16.3 Å². The summed E-state index contributed by atoms with van der Waals surface area (Å²) in [6.45, 7) is 2.76. The lowest BCUT2D eigenvalue weighted by Gasteiger charge is -2.28. The van der Waals surface area contributed by atoms with Gasteiger partial charge in [0.1, 0.15) is 5.71 Å². The maximum atomic E-state index is 13.2. The summed E-state index contributed by atoms with van der Waals surface area (Å²) in [6, 6.07) is 5.03. The Kier molecular flexibility index (Phi) is 7.10. The normalized spacial score (nSPS) is 20.8. The second-order valence-corrected chi connectivity index (χ2v) is 10.5. The molecule has 1 aromatic rings. The van der Waals surface area contributed by atoms with Gasteiger partial charge in [0.2, 0.25) is 15.9 Å². The van der Waals surface area contributed by atoms with E-state index in [-0.39, 0.29) is 29.4 Å². The Morgan fingerprint density at radius 1 is 0.938 bits per heavy atom. The largest absolute Gasteiger partial charge is 0.370 e. The van der Waals surface area contributed by atoms with Crippen molar-refractivity contribution < 1.29 is 18.0 Å². The Morgan fingerprint density at radius 2 is 1.59 bits per heavy atom. The van der Waals surface area contributed by atoms with Crippen molar-refractivity contribution in [2.75, 3.05) is 36.4 Å². The molecule has 174 valence electrons. The fraction of sp³-hybridized carbons (Fsp3) is 0.591. The van der Waals surface area contributed by atoms with E-state index in [0.717, 1.165) is 63.7 Å². The molecular weight excluding hydrogens is 430 g/mol. The number of hydrogen-bond acceptors (Lipinski definition) is 6. The van der Waals surface area contributed by atoms with Crippen molar-refractivity contribution in [3.8, 4) is 0 Å². The number of anilines is 2.